The average Bonchev–Trinajstić information content (AvgIpc) is 2.77. The zero-order valence-electron chi connectivity index (χ0n) is 17.0. The number of piperazine rings is 1. The van der Waals surface area contributed by atoms with E-state index in [2.05, 4.69) is 47.9 Å². The van der Waals surface area contributed by atoms with Crippen molar-refractivity contribution in [1.82, 2.24) is 10.2 Å². The third kappa shape index (κ3) is 4.35. The van der Waals surface area contributed by atoms with Gasteiger partial charge in [0.2, 0.25) is 11.8 Å². The largest absolute Gasteiger partial charge is 0.333 e. The fraction of sp³-hybridized carbons (Fsp3) is 0.417. The summed E-state index contributed by atoms with van der Waals surface area (Å²) in [7, 11) is 0. The lowest BCUT2D eigenvalue weighted by Crippen LogP contribution is -2.48. The van der Waals surface area contributed by atoms with E-state index in [1.165, 1.54) is 11.1 Å². The number of anilines is 1. The normalized spacial score (nSPS) is 21.4. The molecule has 2 aliphatic rings. The molecule has 4 rings (SSSR count). The molecule has 2 aromatic carbocycles. The Bertz CT molecular complexity index is 878. The van der Waals surface area contributed by atoms with Crippen molar-refractivity contribution in [3.05, 3.63) is 65.2 Å². The predicted molar refractivity (Wildman–Crippen MR) is 115 cm³/mol. The van der Waals surface area contributed by atoms with Crippen molar-refractivity contribution in [1.29, 1.82) is 0 Å². The minimum absolute atomic E-state index is 0.0310. The molecular weight excluding hydrogens is 362 g/mol. The Morgan fingerprint density at radius 3 is 2.72 bits per heavy atom. The van der Waals surface area contributed by atoms with Gasteiger partial charge in [-0.15, -0.1) is 0 Å². The van der Waals surface area contributed by atoms with Gasteiger partial charge in [0.25, 0.3) is 0 Å². The average molecular weight is 392 g/mol. The molecule has 2 N–H and O–H groups in total. The molecule has 0 spiro atoms. The Kier molecular flexibility index (Phi) is 5.95. The highest BCUT2D eigenvalue weighted by atomic mass is 16.2. The minimum atomic E-state index is -0.140. The summed E-state index contributed by atoms with van der Waals surface area (Å²) < 4.78 is 0. The quantitative estimate of drug-likeness (QED) is 0.822. The standard InChI is InChI=1S/C24H29N3O2/c1-2-17-7-9-18(10-8-17)22-16-25-13-14-27(22)23(28)12-11-20-15-19-5-3-4-6-21(19)26-24(20)29/h3-10,20,22,25H,2,11-16H2,1H3,(H,26,29). The van der Waals surface area contributed by atoms with E-state index in [0.717, 1.165) is 30.8 Å². The number of carbonyl (C=O) groups is 2. The number of rotatable bonds is 5. The molecule has 1 saturated heterocycles. The summed E-state index contributed by atoms with van der Waals surface area (Å²) in [5.74, 6) is 0.0327. The molecular formula is C24H29N3O2. The summed E-state index contributed by atoms with van der Waals surface area (Å²) in [6, 6.07) is 16.5. The smallest absolute Gasteiger partial charge is 0.227 e. The van der Waals surface area contributed by atoms with E-state index in [0.29, 0.717) is 25.8 Å². The molecule has 2 aliphatic heterocycles. The van der Waals surface area contributed by atoms with Crippen LogP contribution in [0.2, 0.25) is 0 Å². The Balaban J connectivity index is 1.40. The number of aryl methyl sites for hydroxylation is 1. The van der Waals surface area contributed by atoms with E-state index in [9.17, 15) is 9.59 Å². The molecule has 0 aliphatic carbocycles. The fourth-order valence-electron chi connectivity index (χ4n) is 4.36. The predicted octanol–water partition coefficient (Wildman–Crippen LogP) is 3.31. The topological polar surface area (TPSA) is 61.4 Å². The van der Waals surface area contributed by atoms with Crippen LogP contribution in [0.15, 0.2) is 48.5 Å². The molecule has 0 saturated carbocycles. The van der Waals surface area contributed by atoms with Gasteiger partial charge in [0.15, 0.2) is 0 Å². The van der Waals surface area contributed by atoms with Crippen LogP contribution in [0.4, 0.5) is 5.69 Å². The van der Waals surface area contributed by atoms with Crippen molar-refractivity contribution >= 4 is 17.5 Å². The maximum atomic E-state index is 13.1. The molecule has 2 unspecified atom stereocenters. The van der Waals surface area contributed by atoms with Gasteiger partial charge in [0.1, 0.15) is 0 Å². The molecule has 0 bridgehead atoms. The molecule has 0 aromatic heterocycles. The minimum Gasteiger partial charge on any atom is -0.333 e. The van der Waals surface area contributed by atoms with Gasteiger partial charge in [0.05, 0.1) is 6.04 Å². The summed E-state index contributed by atoms with van der Waals surface area (Å²) in [6.07, 6.45) is 2.71. The van der Waals surface area contributed by atoms with Gasteiger partial charge in [-0.2, -0.15) is 0 Å². The maximum Gasteiger partial charge on any atom is 0.227 e. The molecule has 5 nitrogen and oxygen atoms in total. The first-order valence-corrected chi connectivity index (χ1v) is 10.6. The first-order chi connectivity index (χ1) is 14.2. The zero-order valence-corrected chi connectivity index (χ0v) is 17.0. The third-order valence-electron chi connectivity index (χ3n) is 6.16. The van der Waals surface area contributed by atoms with Crippen LogP contribution in [-0.2, 0) is 22.4 Å². The zero-order chi connectivity index (χ0) is 20.2. The van der Waals surface area contributed by atoms with Crippen molar-refractivity contribution in [3.63, 3.8) is 0 Å². The number of hydrogen-bond donors (Lipinski definition) is 2. The molecule has 29 heavy (non-hydrogen) atoms. The number of nitrogens with zero attached hydrogens (tertiary/aromatic N) is 1. The molecule has 2 atom stereocenters. The van der Waals surface area contributed by atoms with Gasteiger partial charge in [-0.05, 0) is 42.0 Å². The Labute approximate surface area is 172 Å². The second kappa shape index (κ2) is 8.78. The first-order valence-electron chi connectivity index (χ1n) is 10.6. The summed E-state index contributed by atoms with van der Waals surface area (Å²) >= 11 is 0. The highest BCUT2D eigenvalue weighted by Gasteiger charge is 2.30. The first kappa shape index (κ1) is 19.6. The summed E-state index contributed by atoms with van der Waals surface area (Å²) in [5.41, 5.74) is 4.53. The van der Waals surface area contributed by atoms with Crippen LogP contribution in [0.3, 0.4) is 0 Å². The van der Waals surface area contributed by atoms with Gasteiger partial charge in [-0.3, -0.25) is 9.59 Å². The van der Waals surface area contributed by atoms with Crippen molar-refractivity contribution in [3.8, 4) is 0 Å². The molecule has 152 valence electrons. The van der Waals surface area contributed by atoms with Crippen LogP contribution in [0.5, 0.6) is 0 Å². The summed E-state index contributed by atoms with van der Waals surface area (Å²) in [5, 5.41) is 6.40. The number of para-hydroxylation sites is 1. The van der Waals surface area contributed by atoms with Crippen LogP contribution in [0, 0.1) is 5.92 Å². The van der Waals surface area contributed by atoms with E-state index in [1.807, 2.05) is 23.1 Å². The lowest BCUT2D eigenvalue weighted by molar-refractivity contribution is -0.135. The monoisotopic (exact) mass is 391 g/mol. The number of amides is 2. The number of hydrogen-bond acceptors (Lipinski definition) is 3. The number of benzene rings is 2. The van der Waals surface area contributed by atoms with Crippen molar-refractivity contribution in [2.24, 2.45) is 5.92 Å². The second-order valence-electron chi connectivity index (χ2n) is 7.99. The van der Waals surface area contributed by atoms with Crippen molar-refractivity contribution in [2.45, 2.75) is 38.6 Å². The third-order valence-corrected chi connectivity index (χ3v) is 6.16. The summed E-state index contributed by atoms with van der Waals surface area (Å²) in [6.45, 7) is 4.44. The van der Waals surface area contributed by atoms with Gasteiger partial charge < -0.3 is 15.5 Å². The van der Waals surface area contributed by atoms with E-state index in [1.54, 1.807) is 0 Å². The van der Waals surface area contributed by atoms with Crippen LogP contribution < -0.4 is 10.6 Å². The SMILES string of the molecule is CCc1ccc(C2CNCCN2C(=O)CCC2Cc3ccccc3NC2=O)cc1. The van der Waals surface area contributed by atoms with Crippen LogP contribution in [0.25, 0.3) is 0 Å². The Morgan fingerprint density at radius 1 is 1.14 bits per heavy atom. The highest BCUT2D eigenvalue weighted by molar-refractivity contribution is 5.96. The lowest BCUT2D eigenvalue weighted by Gasteiger charge is -2.37. The number of nitrogens with one attached hydrogen (secondary N) is 2. The number of fused-ring (bicyclic) bond motifs is 1. The van der Waals surface area contributed by atoms with Crippen LogP contribution >= 0.6 is 0 Å². The van der Waals surface area contributed by atoms with Gasteiger partial charge in [-0.1, -0.05) is 49.4 Å². The molecule has 2 amide bonds. The molecule has 1 fully saturated rings. The molecule has 5 heteroatoms. The lowest BCUT2D eigenvalue weighted by atomic mass is 9.89. The summed E-state index contributed by atoms with van der Waals surface area (Å²) in [4.78, 5) is 27.5. The number of carbonyl (C=O) groups excluding carboxylic acids is 2. The van der Waals surface area contributed by atoms with Gasteiger partial charge >= 0.3 is 0 Å². The van der Waals surface area contributed by atoms with E-state index >= 15 is 0 Å². The Hall–Kier alpha value is -2.66. The van der Waals surface area contributed by atoms with Crippen molar-refractivity contribution < 1.29 is 9.59 Å². The molecule has 0 radical (unpaired) electrons. The fourth-order valence-corrected chi connectivity index (χ4v) is 4.36. The molecule has 2 heterocycles. The van der Waals surface area contributed by atoms with Crippen molar-refractivity contribution in [2.75, 3.05) is 25.0 Å². The Morgan fingerprint density at radius 2 is 1.93 bits per heavy atom. The van der Waals surface area contributed by atoms with E-state index < -0.39 is 0 Å². The van der Waals surface area contributed by atoms with E-state index in [4.69, 9.17) is 0 Å². The van der Waals surface area contributed by atoms with Gasteiger partial charge in [0, 0.05) is 37.7 Å². The van der Waals surface area contributed by atoms with Gasteiger partial charge in [-0.25, -0.2) is 0 Å². The highest BCUT2D eigenvalue weighted by Crippen LogP contribution is 2.29. The van der Waals surface area contributed by atoms with E-state index in [-0.39, 0.29) is 23.8 Å². The van der Waals surface area contributed by atoms with Crippen LogP contribution in [0.1, 0.15) is 42.5 Å². The maximum absolute atomic E-state index is 13.1. The van der Waals surface area contributed by atoms with Crippen LogP contribution in [-0.4, -0.2) is 36.3 Å². The molecule has 2 aromatic rings. The second-order valence-corrected chi connectivity index (χ2v) is 7.99.